The molecule has 1 aromatic carbocycles. The summed E-state index contributed by atoms with van der Waals surface area (Å²) in [4.78, 5) is 37.3. The first-order chi connectivity index (χ1) is 10.9. The van der Waals surface area contributed by atoms with E-state index in [0.717, 1.165) is 5.56 Å². The van der Waals surface area contributed by atoms with Crippen LogP contribution < -0.4 is 23.0 Å². The number of hydrogen-bond acceptors (Lipinski definition) is 6. The third-order valence-electron chi connectivity index (χ3n) is 3.43. The third kappa shape index (κ3) is 4.72. The summed E-state index contributed by atoms with van der Waals surface area (Å²) in [7, 11) is 0. The lowest BCUT2D eigenvalue weighted by Crippen LogP contribution is -3.00. The molecule has 0 aromatic heterocycles. The Morgan fingerprint density at radius 1 is 1.46 bits per heavy atom. The van der Waals surface area contributed by atoms with E-state index in [1.54, 1.807) is 19.1 Å². The van der Waals surface area contributed by atoms with E-state index in [4.69, 9.17) is 10.5 Å². The first-order valence-corrected chi connectivity index (χ1v) is 8.46. The van der Waals surface area contributed by atoms with Gasteiger partial charge in [-0.05, 0) is 31.5 Å². The van der Waals surface area contributed by atoms with Gasteiger partial charge in [-0.3, -0.25) is 14.4 Å². The van der Waals surface area contributed by atoms with E-state index < -0.39 is 17.3 Å². The van der Waals surface area contributed by atoms with Crippen LogP contribution in [0.25, 0.3) is 0 Å². The van der Waals surface area contributed by atoms with Crippen molar-refractivity contribution in [3.05, 3.63) is 29.8 Å². The van der Waals surface area contributed by atoms with E-state index >= 15 is 0 Å². The Labute approximate surface area is 151 Å². The molecule has 132 valence electrons. The van der Waals surface area contributed by atoms with Gasteiger partial charge in [0.25, 0.3) is 0 Å². The third-order valence-corrected chi connectivity index (χ3v) is 4.75. The number of anilines is 1. The zero-order valence-corrected chi connectivity index (χ0v) is 15.1. The number of halogens is 1. The van der Waals surface area contributed by atoms with Crippen LogP contribution in [-0.2, 0) is 19.1 Å². The number of aryl methyl sites for hydroxylation is 1. The second kappa shape index (κ2) is 9.05. The highest BCUT2D eigenvalue weighted by Crippen LogP contribution is 2.30. The van der Waals surface area contributed by atoms with Gasteiger partial charge < -0.3 is 22.9 Å². The summed E-state index contributed by atoms with van der Waals surface area (Å²) in [5, 5.41) is -0.511. The minimum Gasteiger partial charge on any atom is -1.00 e. The summed E-state index contributed by atoms with van der Waals surface area (Å²) < 4.78 is 4.83. The van der Waals surface area contributed by atoms with E-state index in [2.05, 4.69) is 0 Å². The molecular formula is C16H20ClN2O4S-. The number of carbonyl (C=O) groups excluding carboxylic acids is 3. The van der Waals surface area contributed by atoms with E-state index in [0.29, 0.717) is 5.69 Å². The molecule has 2 N–H and O–H groups in total. The van der Waals surface area contributed by atoms with Crippen LogP contribution in [0.15, 0.2) is 24.3 Å². The lowest BCUT2D eigenvalue weighted by molar-refractivity contribution is -0.144. The molecule has 2 amide bonds. The zero-order chi connectivity index (χ0) is 17.0. The highest BCUT2D eigenvalue weighted by Gasteiger charge is 2.40. The topological polar surface area (TPSA) is 89.7 Å². The van der Waals surface area contributed by atoms with E-state index in [1.807, 2.05) is 19.1 Å². The number of thioether (sulfide) groups is 1. The van der Waals surface area contributed by atoms with E-state index in [-0.39, 0.29) is 43.0 Å². The van der Waals surface area contributed by atoms with E-state index in [9.17, 15) is 14.4 Å². The maximum Gasteiger partial charge on any atom is 0.323 e. The summed E-state index contributed by atoms with van der Waals surface area (Å²) in [6.45, 7) is 3.87. The molecule has 8 heteroatoms. The van der Waals surface area contributed by atoms with Crippen LogP contribution in [0.3, 0.4) is 0 Å². The molecule has 2 atom stereocenters. The Balaban J connectivity index is 0.00000288. The lowest BCUT2D eigenvalue weighted by atomic mass is 10.2. The van der Waals surface area contributed by atoms with Gasteiger partial charge in [0, 0.05) is 12.2 Å². The molecule has 1 aromatic rings. The number of imide groups is 1. The molecule has 1 fully saturated rings. The highest BCUT2D eigenvalue weighted by molar-refractivity contribution is 8.00. The Morgan fingerprint density at radius 2 is 2.17 bits per heavy atom. The molecule has 0 aliphatic carbocycles. The molecule has 6 nitrogen and oxygen atoms in total. The average molecular weight is 372 g/mol. The molecule has 1 aliphatic heterocycles. The van der Waals surface area contributed by atoms with Gasteiger partial charge >= 0.3 is 5.97 Å². The Hall–Kier alpha value is -1.57. The highest BCUT2D eigenvalue weighted by atomic mass is 35.5. The number of amides is 2. The molecule has 0 bridgehead atoms. The molecule has 1 heterocycles. The molecule has 0 saturated carbocycles. The summed E-state index contributed by atoms with van der Waals surface area (Å²) >= 11 is 1.22. The van der Waals surface area contributed by atoms with Crippen molar-refractivity contribution in [3.63, 3.8) is 0 Å². The van der Waals surface area contributed by atoms with E-state index in [1.165, 1.54) is 16.7 Å². The van der Waals surface area contributed by atoms with Gasteiger partial charge in [-0.15, -0.1) is 11.8 Å². The second-order valence-corrected chi connectivity index (χ2v) is 6.53. The molecule has 1 aliphatic rings. The number of nitrogens with two attached hydrogens (primary N) is 1. The van der Waals surface area contributed by atoms with Crippen molar-refractivity contribution in [2.75, 3.05) is 17.3 Å². The molecule has 1 saturated heterocycles. The van der Waals surface area contributed by atoms with Gasteiger partial charge in [-0.25, -0.2) is 4.90 Å². The first-order valence-electron chi connectivity index (χ1n) is 7.41. The molecule has 24 heavy (non-hydrogen) atoms. The van der Waals surface area contributed by atoms with Crippen molar-refractivity contribution in [2.45, 2.75) is 31.6 Å². The van der Waals surface area contributed by atoms with Crippen LogP contribution in [0.2, 0.25) is 0 Å². The Kier molecular flexibility index (Phi) is 7.72. The number of esters is 1. The van der Waals surface area contributed by atoms with Crippen LogP contribution in [0.5, 0.6) is 0 Å². The van der Waals surface area contributed by atoms with Crippen molar-refractivity contribution < 1.29 is 31.5 Å². The zero-order valence-electron chi connectivity index (χ0n) is 13.5. The number of nitrogens with zero attached hydrogens (tertiary/aromatic N) is 1. The number of rotatable bonds is 6. The smallest absolute Gasteiger partial charge is 0.323 e. The van der Waals surface area contributed by atoms with Crippen molar-refractivity contribution in [1.82, 2.24) is 0 Å². The maximum absolute atomic E-state index is 12.5. The fourth-order valence-corrected chi connectivity index (χ4v) is 3.39. The van der Waals surface area contributed by atoms with Crippen molar-refractivity contribution in [1.29, 1.82) is 0 Å². The second-order valence-electron chi connectivity index (χ2n) is 5.29. The average Bonchev–Trinajstić information content (AvgIpc) is 2.79. The number of hydrogen-bond donors (Lipinski definition) is 1. The summed E-state index contributed by atoms with van der Waals surface area (Å²) in [5.74, 6) is -0.749. The largest absolute Gasteiger partial charge is 1.00 e. The fourth-order valence-electron chi connectivity index (χ4n) is 2.31. The fraction of sp³-hybridized carbons (Fsp3) is 0.438. The lowest BCUT2D eigenvalue weighted by Gasteiger charge is -2.16. The standard InChI is InChI=1S/C16H20N2O4S.ClH/c1-3-22-16(21)12(17)9-23-13-8-14(19)18(15(13)20)11-6-4-5-10(2)7-11;/h4-7,12-13H,3,8-9,17H2,1-2H3;1H/p-1. The van der Waals surface area contributed by atoms with Gasteiger partial charge in [0.05, 0.1) is 17.5 Å². The SMILES string of the molecule is CCOC(=O)C(N)CSC1CC(=O)N(c2cccc(C)c2)C1=O.[Cl-]. The number of carbonyl (C=O) groups is 3. The van der Waals surface area contributed by atoms with Gasteiger partial charge in [0.2, 0.25) is 11.8 Å². The summed E-state index contributed by atoms with van der Waals surface area (Å²) in [6, 6.07) is 6.45. The predicted molar refractivity (Wildman–Crippen MR) is 89.1 cm³/mol. The van der Waals surface area contributed by atoms with Gasteiger partial charge in [-0.2, -0.15) is 0 Å². The van der Waals surface area contributed by atoms with Gasteiger partial charge in [0.1, 0.15) is 6.04 Å². The Bertz CT molecular complexity index is 626. The molecule has 2 rings (SSSR count). The Morgan fingerprint density at radius 3 is 2.79 bits per heavy atom. The van der Waals surface area contributed by atoms with Crippen molar-refractivity contribution in [2.24, 2.45) is 5.73 Å². The maximum atomic E-state index is 12.5. The summed E-state index contributed by atoms with van der Waals surface area (Å²) in [6.07, 6.45) is 0.118. The minimum absolute atomic E-state index is 0. The number of ether oxygens (including phenoxy) is 1. The van der Waals surface area contributed by atoms with Crippen LogP contribution >= 0.6 is 11.8 Å². The van der Waals surface area contributed by atoms with Crippen LogP contribution in [0.1, 0.15) is 18.9 Å². The quantitative estimate of drug-likeness (QED) is 0.471. The molecular weight excluding hydrogens is 352 g/mol. The summed E-state index contributed by atoms with van der Waals surface area (Å²) in [5.41, 5.74) is 7.28. The molecule has 2 unspecified atom stereocenters. The van der Waals surface area contributed by atoms with Gasteiger partial charge in [0.15, 0.2) is 0 Å². The van der Waals surface area contributed by atoms with Crippen LogP contribution in [0.4, 0.5) is 5.69 Å². The minimum atomic E-state index is -0.795. The first kappa shape index (κ1) is 20.5. The van der Waals surface area contributed by atoms with Crippen molar-refractivity contribution >= 4 is 35.2 Å². The monoisotopic (exact) mass is 371 g/mol. The number of benzene rings is 1. The van der Waals surface area contributed by atoms with Gasteiger partial charge in [-0.1, -0.05) is 12.1 Å². The predicted octanol–water partition coefficient (Wildman–Crippen LogP) is -1.75. The van der Waals surface area contributed by atoms with Crippen molar-refractivity contribution in [3.8, 4) is 0 Å². The van der Waals surface area contributed by atoms with Crippen LogP contribution in [0, 0.1) is 6.92 Å². The van der Waals surface area contributed by atoms with Crippen LogP contribution in [-0.4, -0.2) is 41.4 Å². The molecule has 0 spiro atoms. The molecule has 0 radical (unpaired) electrons. The normalized spacial score (nSPS) is 18.3.